The molecule has 3 N–H and O–H groups in total. The number of thioether (sulfide) groups is 1. The van der Waals surface area contributed by atoms with Crippen LogP contribution in [0.15, 0.2) is 52.1 Å². The third-order valence-corrected chi connectivity index (χ3v) is 8.05. The van der Waals surface area contributed by atoms with E-state index in [9.17, 15) is 0 Å². The fraction of sp³-hybridized carbons (Fsp3) is 0.261. The van der Waals surface area contributed by atoms with E-state index in [-0.39, 0.29) is 11.3 Å². The van der Waals surface area contributed by atoms with Crippen LogP contribution < -0.4 is 5.73 Å². The molecule has 0 saturated carbocycles. The summed E-state index contributed by atoms with van der Waals surface area (Å²) in [5, 5.41) is 15.7. The molecule has 0 radical (unpaired) electrons. The highest BCUT2D eigenvalue weighted by Gasteiger charge is 2.23. The Kier molecular flexibility index (Phi) is 6.05. The van der Waals surface area contributed by atoms with Gasteiger partial charge in [-0.25, -0.2) is 4.98 Å². The van der Waals surface area contributed by atoms with E-state index in [1.807, 2.05) is 18.4 Å². The van der Waals surface area contributed by atoms with E-state index in [1.54, 1.807) is 34.4 Å². The molecule has 0 spiro atoms. The highest BCUT2D eigenvalue weighted by molar-refractivity contribution is 8.00. The molecule has 3 aromatic heterocycles. The highest BCUT2D eigenvalue weighted by atomic mass is 32.2. The number of aromatic nitrogens is 3. The Bertz CT molecular complexity index is 1210. The Morgan fingerprint density at radius 2 is 1.94 bits per heavy atom. The average Bonchev–Trinajstić information content (AvgIpc) is 3.45. The number of nitrogens with zero attached hydrogens (tertiary/aromatic N) is 3. The second-order valence-corrected chi connectivity index (χ2v) is 11.3. The Morgan fingerprint density at radius 1 is 1.19 bits per heavy atom. The van der Waals surface area contributed by atoms with Crippen LogP contribution in [-0.2, 0) is 12.0 Å². The normalized spacial score (nSPS) is 11.7. The van der Waals surface area contributed by atoms with Crippen molar-refractivity contribution in [2.24, 2.45) is 5.73 Å². The van der Waals surface area contributed by atoms with Gasteiger partial charge in [0.25, 0.3) is 0 Å². The lowest BCUT2D eigenvalue weighted by atomic mass is 9.92. The van der Waals surface area contributed by atoms with Crippen LogP contribution in [0.2, 0.25) is 0 Å². The predicted octanol–water partition coefficient (Wildman–Crippen LogP) is 6.09. The zero-order valence-corrected chi connectivity index (χ0v) is 20.4. The Labute approximate surface area is 194 Å². The van der Waals surface area contributed by atoms with Crippen LogP contribution in [0, 0.1) is 5.41 Å². The van der Waals surface area contributed by atoms with Gasteiger partial charge < -0.3 is 5.73 Å². The molecule has 0 fully saturated rings. The number of benzene rings is 1. The van der Waals surface area contributed by atoms with Crippen LogP contribution in [0.1, 0.15) is 36.9 Å². The minimum atomic E-state index is -0.0503. The van der Waals surface area contributed by atoms with E-state index in [0.717, 1.165) is 36.7 Å². The van der Waals surface area contributed by atoms with E-state index in [4.69, 9.17) is 21.2 Å². The van der Waals surface area contributed by atoms with E-state index < -0.39 is 0 Å². The number of thiophene rings is 1. The largest absolute Gasteiger partial charge is 0.383 e. The summed E-state index contributed by atoms with van der Waals surface area (Å²) in [5.41, 5.74) is 10.9. The SMILES string of the molecule is CSc1sc(C(=N)N)cc1-c1nc(-c2cc(C(C)(C)C)nn2Cc2ccccc2)cs1. The quantitative estimate of drug-likeness (QED) is 0.204. The van der Waals surface area contributed by atoms with Crippen LogP contribution in [0.25, 0.3) is 22.0 Å². The van der Waals surface area contributed by atoms with Crippen molar-refractivity contribution in [1.82, 2.24) is 14.8 Å². The van der Waals surface area contributed by atoms with Crippen LogP contribution in [-0.4, -0.2) is 26.9 Å². The highest BCUT2D eigenvalue weighted by Crippen LogP contribution is 2.40. The molecule has 8 heteroatoms. The summed E-state index contributed by atoms with van der Waals surface area (Å²) in [4.78, 5) is 5.75. The van der Waals surface area contributed by atoms with E-state index in [1.165, 1.54) is 5.56 Å². The second kappa shape index (κ2) is 8.61. The zero-order valence-electron chi connectivity index (χ0n) is 18.0. The van der Waals surface area contributed by atoms with Crippen molar-refractivity contribution >= 4 is 40.3 Å². The van der Waals surface area contributed by atoms with Gasteiger partial charge in [-0.1, -0.05) is 51.1 Å². The Hall–Kier alpha value is -2.42. The summed E-state index contributed by atoms with van der Waals surface area (Å²) >= 11 is 4.82. The molecule has 1 aromatic carbocycles. The van der Waals surface area contributed by atoms with Gasteiger partial charge in [-0.3, -0.25) is 10.1 Å². The second-order valence-electron chi connectivity index (χ2n) is 8.28. The third-order valence-electron chi connectivity index (χ3n) is 4.87. The molecule has 4 aromatic rings. The summed E-state index contributed by atoms with van der Waals surface area (Å²) in [5.74, 6) is 0.0964. The molecule has 0 amide bonds. The molecular weight excluding hydrogens is 442 g/mol. The predicted molar refractivity (Wildman–Crippen MR) is 134 cm³/mol. The first kappa shape index (κ1) is 21.8. The van der Waals surface area contributed by atoms with Gasteiger partial charge in [-0.15, -0.1) is 34.4 Å². The molecule has 0 saturated heterocycles. The van der Waals surface area contributed by atoms with Crippen LogP contribution in [0.4, 0.5) is 0 Å². The van der Waals surface area contributed by atoms with Crippen molar-refractivity contribution in [3.8, 4) is 22.0 Å². The molecule has 160 valence electrons. The summed E-state index contributed by atoms with van der Waals surface area (Å²) in [6, 6.07) is 14.5. The molecule has 3 heterocycles. The first-order valence-corrected chi connectivity index (χ1v) is 12.8. The fourth-order valence-corrected chi connectivity index (χ4v) is 5.88. The van der Waals surface area contributed by atoms with Crippen LogP contribution >= 0.6 is 34.4 Å². The number of hydrogen-bond donors (Lipinski definition) is 2. The van der Waals surface area contributed by atoms with E-state index in [2.05, 4.69) is 61.2 Å². The number of nitrogens with two attached hydrogens (primary N) is 1. The monoisotopic (exact) mass is 467 g/mol. The molecule has 0 atom stereocenters. The molecular formula is C23H25N5S3. The lowest BCUT2D eigenvalue weighted by molar-refractivity contribution is 0.546. The lowest BCUT2D eigenvalue weighted by Gasteiger charge is -2.14. The van der Waals surface area contributed by atoms with E-state index >= 15 is 0 Å². The molecule has 0 aliphatic carbocycles. The van der Waals surface area contributed by atoms with Crippen LogP contribution in [0.5, 0.6) is 0 Å². The topological polar surface area (TPSA) is 80.6 Å². The van der Waals surface area contributed by atoms with Gasteiger partial charge in [-0.2, -0.15) is 5.10 Å². The Balaban J connectivity index is 1.76. The van der Waals surface area contributed by atoms with Gasteiger partial charge in [0, 0.05) is 16.4 Å². The summed E-state index contributed by atoms with van der Waals surface area (Å²) < 4.78 is 3.18. The molecule has 0 bridgehead atoms. The van der Waals surface area contributed by atoms with Crippen molar-refractivity contribution < 1.29 is 0 Å². The van der Waals surface area contributed by atoms with Crippen molar-refractivity contribution in [3.05, 3.63) is 64.0 Å². The molecule has 0 aliphatic rings. The lowest BCUT2D eigenvalue weighted by Crippen LogP contribution is -2.13. The van der Waals surface area contributed by atoms with Crippen molar-refractivity contribution in [2.45, 2.75) is 36.9 Å². The number of rotatable bonds is 6. The number of thiazole rings is 1. The molecule has 0 aliphatic heterocycles. The maximum absolute atomic E-state index is 7.77. The number of nitrogen functional groups attached to an aromatic ring is 1. The minimum Gasteiger partial charge on any atom is -0.383 e. The standard InChI is InChI=1S/C23H25N5S3/c1-23(2,3)19-11-17(28(27-19)12-14-8-6-5-7-9-14)16-13-30-21(26-16)15-10-18(20(24)25)31-22(15)29-4/h5-11,13H,12H2,1-4H3,(H3,24,25). The van der Waals surface area contributed by atoms with Crippen molar-refractivity contribution in [2.75, 3.05) is 6.26 Å². The number of nitrogens with one attached hydrogen (secondary N) is 1. The number of amidine groups is 1. The maximum atomic E-state index is 7.77. The third kappa shape index (κ3) is 4.61. The summed E-state index contributed by atoms with van der Waals surface area (Å²) in [7, 11) is 0. The van der Waals surface area contributed by atoms with Gasteiger partial charge in [0.05, 0.1) is 32.7 Å². The van der Waals surface area contributed by atoms with E-state index in [0.29, 0.717) is 6.54 Å². The molecule has 5 nitrogen and oxygen atoms in total. The van der Waals surface area contributed by atoms with Gasteiger partial charge in [-0.05, 0) is 24.0 Å². The summed E-state index contributed by atoms with van der Waals surface area (Å²) in [6.45, 7) is 7.23. The summed E-state index contributed by atoms with van der Waals surface area (Å²) in [6.07, 6.45) is 2.04. The molecule has 0 unspecified atom stereocenters. The van der Waals surface area contributed by atoms with Crippen LogP contribution in [0.3, 0.4) is 0 Å². The average molecular weight is 468 g/mol. The van der Waals surface area contributed by atoms with Crippen molar-refractivity contribution in [3.63, 3.8) is 0 Å². The van der Waals surface area contributed by atoms with Gasteiger partial charge in [0.15, 0.2) is 0 Å². The first-order valence-electron chi connectivity index (χ1n) is 9.87. The maximum Gasteiger partial charge on any atom is 0.133 e. The number of hydrogen-bond acceptors (Lipinski definition) is 6. The molecule has 4 rings (SSSR count). The fourth-order valence-electron chi connectivity index (χ4n) is 3.19. The van der Waals surface area contributed by atoms with Gasteiger partial charge in [0.1, 0.15) is 10.8 Å². The smallest absolute Gasteiger partial charge is 0.133 e. The molecule has 31 heavy (non-hydrogen) atoms. The van der Waals surface area contributed by atoms with Crippen molar-refractivity contribution in [1.29, 1.82) is 5.41 Å². The Morgan fingerprint density at radius 3 is 2.58 bits per heavy atom. The minimum absolute atomic E-state index is 0.0503. The zero-order chi connectivity index (χ0) is 22.2. The first-order chi connectivity index (χ1) is 14.8. The van der Waals surface area contributed by atoms with Gasteiger partial charge >= 0.3 is 0 Å². The van der Waals surface area contributed by atoms with Gasteiger partial charge in [0.2, 0.25) is 0 Å².